The number of hydrogen-bond donors (Lipinski definition) is 2. The standard InChI is InChI=1S/C15H16FNO/c1-10-7-8-12(15(18)9-10)11(2)17-14-6-4-3-5-13(14)16/h3-9,11,17-18H,1-2H3. The van der Waals surface area contributed by atoms with E-state index in [4.69, 9.17) is 0 Å². The van der Waals surface area contributed by atoms with Crippen molar-refractivity contribution < 1.29 is 9.50 Å². The van der Waals surface area contributed by atoms with Crippen LogP contribution in [0.1, 0.15) is 24.1 Å². The van der Waals surface area contributed by atoms with E-state index in [2.05, 4.69) is 5.32 Å². The molecule has 2 nitrogen and oxygen atoms in total. The van der Waals surface area contributed by atoms with Gasteiger partial charge >= 0.3 is 0 Å². The third-order valence-electron chi connectivity index (χ3n) is 2.90. The van der Waals surface area contributed by atoms with Gasteiger partial charge in [-0.2, -0.15) is 0 Å². The molecule has 0 spiro atoms. The van der Waals surface area contributed by atoms with E-state index in [1.54, 1.807) is 24.3 Å². The minimum Gasteiger partial charge on any atom is -0.508 e. The van der Waals surface area contributed by atoms with Gasteiger partial charge in [0, 0.05) is 5.56 Å². The highest BCUT2D eigenvalue weighted by atomic mass is 19.1. The molecule has 3 heteroatoms. The smallest absolute Gasteiger partial charge is 0.146 e. The molecule has 1 unspecified atom stereocenters. The number of aromatic hydroxyl groups is 1. The second-order valence-corrected chi connectivity index (χ2v) is 4.41. The molecule has 0 aliphatic heterocycles. The fourth-order valence-corrected chi connectivity index (χ4v) is 1.91. The lowest BCUT2D eigenvalue weighted by Gasteiger charge is -2.17. The van der Waals surface area contributed by atoms with Gasteiger partial charge < -0.3 is 10.4 Å². The Morgan fingerprint density at radius 3 is 2.56 bits per heavy atom. The Labute approximate surface area is 106 Å². The van der Waals surface area contributed by atoms with Crippen LogP contribution in [0.2, 0.25) is 0 Å². The number of phenolic OH excluding ortho intramolecular Hbond substituents is 1. The van der Waals surface area contributed by atoms with E-state index in [9.17, 15) is 9.50 Å². The van der Waals surface area contributed by atoms with E-state index in [0.717, 1.165) is 11.1 Å². The average Bonchev–Trinajstić information content (AvgIpc) is 2.32. The summed E-state index contributed by atoms with van der Waals surface area (Å²) in [5.74, 6) is -0.0673. The Balaban J connectivity index is 2.22. The highest BCUT2D eigenvalue weighted by Gasteiger charge is 2.11. The van der Waals surface area contributed by atoms with Gasteiger partial charge in [0.1, 0.15) is 11.6 Å². The zero-order chi connectivity index (χ0) is 13.1. The number of nitrogens with one attached hydrogen (secondary N) is 1. The molecule has 2 N–H and O–H groups in total. The van der Waals surface area contributed by atoms with Gasteiger partial charge in [-0.25, -0.2) is 4.39 Å². The van der Waals surface area contributed by atoms with Gasteiger partial charge in [0.05, 0.1) is 11.7 Å². The highest BCUT2D eigenvalue weighted by molar-refractivity contribution is 5.48. The van der Waals surface area contributed by atoms with Crippen LogP contribution in [-0.2, 0) is 0 Å². The van der Waals surface area contributed by atoms with Crippen molar-refractivity contribution in [2.24, 2.45) is 0 Å². The lowest BCUT2D eigenvalue weighted by Crippen LogP contribution is -2.08. The van der Waals surface area contributed by atoms with Gasteiger partial charge in [-0.05, 0) is 37.6 Å². The van der Waals surface area contributed by atoms with Crippen LogP contribution in [0.25, 0.3) is 0 Å². The second kappa shape index (κ2) is 5.08. The Hall–Kier alpha value is -2.03. The third kappa shape index (κ3) is 2.62. The van der Waals surface area contributed by atoms with Gasteiger partial charge in [0.2, 0.25) is 0 Å². The van der Waals surface area contributed by atoms with Crippen LogP contribution in [0.5, 0.6) is 5.75 Å². The predicted molar refractivity (Wildman–Crippen MR) is 71.3 cm³/mol. The van der Waals surface area contributed by atoms with Crippen molar-refractivity contribution >= 4 is 5.69 Å². The largest absolute Gasteiger partial charge is 0.508 e. The van der Waals surface area contributed by atoms with Crippen molar-refractivity contribution in [2.75, 3.05) is 5.32 Å². The number of halogens is 1. The fraction of sp³-hybridized carbons (Fsp3) is 0.200. The molecule has 0 saturated heterocycles. The summed E-state index contributed by atoms with van der Waals surface area (Å²) in [5.41, 5.74) is 2.18. The zero-order valence-electron chi connectivity index (χ0n) is 10.4. The van der Waals surface area contributed by atoms with Crippen LogP contribution in [0.15, 0.2) is 42.5 Å². The molecule has 0 heterocycles. The molecule has 2 rings (SSSR count). The van der Waals surface area contributed by atoms with E-state index < -0.39 is 0 Å². The van der Waals surface area contributed by atoms with E-state index in [1.165, 1.54) is 6.07 Å². The molecule has 0 fully saturated rings. The van der Waals surface area contributed by atoms with Crippen LogP contribution >= 0.6 is 0 Å². The monoisotopic (exact) mass is 245 g/mol. The topological polar surface area (TPSA) is 32.3 Å². The summed E-state index contributed by atoms with van der Waals surface area (Å²) in [4.78, 5) is 0. The summed E-state index contributed by atoms with van der Waals surface area (Å²) in [5, 5.41) is 12.9. The van der Waals surface area contributed by atoms with E-state index in [-0.39, 0.29) is 17.6 Å². The molecule has 0 amide bonds. The molecule has 0 aromatic heterocycles. The SMILES string of the molecule is Cc1ccc(C(C)Nc2ccccc2F)c(O)c1. The number of aryl methyl sites for hydroxylation is 1. The van der Waals surface area contributed by atoms with Crippen LogP contribution < -0.4 is 5.32 Å². The van der Waals surface area contributed by atoms with E-state index in [0.29, 0.717) is 5.69 Å². The first-order chi connectivity index (χ1) is 8.58. The second-order valence-electron chi connectivity index (χ2n) is 4.41. The maximum Gasteiger partial charge on any atom is 0.146 e. The van der Waals surface area contributed by atoms with Gasteiger partial charge in [-0.1, -0.05) is 24.3 Å². The lowest BCUT2D eigenvalue weighted by molar-refractivity contribution is 0.465. The van der Waals surface area contributed by atoms with Crippen molar-refractivity contribution in [1.82, 2.24) is 0 Å². The third-order valence-corrected chi connectivity index (χ3v) is 2.90. The summed E-state index contributed by atoms with van der Waals surface area (Å²) in [6.45, 7) is 3.80. The molecule has 2 aromatic carbocycles. The number of rotatable bonds is 3. The van der Waals surface area contributed by atoms with Gasteiger partial charge in [-0.3, -0.25) is 0 Å². The molecule has 0 aliphatic rings. The number of benzene rings is 2. The van der Waals surface area contributed by atoms with Gasteiger partial charge in [0.15, 0.2) is 0 Å². The van der Waals surface area contributed by atoms with Crippen molar-refractivity contribution in [3.63, 3.8) is 0 Å². The summed E-state index contributed by atoms with van der Waals surface area (Å²) >= 11 is 0. The maximum absolute atomic E-state index is 13.5. The average molecular weight is 245 g/mol. The molecule has 0 radical (unpaired) electrons. The molecule has 0 bridgehead atoms. The number of hydrogen-bond acceptors (Lipinski definition) is 2. The maximum atomic E-state index is 13.5. The zero-order valence-corrected chi connectivity index (χ0v) is 10.4. The Bertz CT molecular complexity index is 554. The minimum absolute atomic E-state index is 0.164. The normalized spacial score (nSPS) is 12.2. The first kappa shape index (κ1) is 12.4. The van der Waals surface area contributed by atoms with Crippen LogP contribution in [0, 0.1) is 12.7 Å². The predicted octanol–water partition coefficient (Wildman–Crippen LogP) is 4.01. The van der Waals surface area contributed by atoms with Crippen LogP contribution in [-0.4, -0.2) is 5.11 Å². The molecular weight excluding hydrogens is 229 g/mol. The summed E-state index contributed by atoms with van der Waals surface area (Å²) < 4.78 is 13.5. The van der Waals surface area contributed by atoms with E-state index >= 15 is 0 Å². The van der Waals surface area contributed by atoms with E-state index in [1.807, 2.05) is 26.0 Å². The molecule has 2 aromatic rings. The molecule has 0 aliphatic carbocycles. The number of para-hydroxylation sites is 1. The summed E-state index contributed by atoms with van der Waals surface area (Å²) in [6.07, 6.45) is 0. The van der Waals surface area contributed by atoms with Crippen LogP contribution in [0.3, 0.4) is 0 Å². The van der Waals surface area contributed by atoms with Crippen LogP contribution in [0.4, 0.5) is 10.1 Å². The first-order valence-electron chi connectivity index (χ1n) is 5.88. The molecule has 18 heavy (non-hydrogen) atoms. The van der Waals surface area contributed by atoms with Gasteiger partial charge in [0.25, 0.3) is 0 Å². The number of phenols is 1. The quantitative estimate of drug-likeness (QED) is 0.856. The fourth-order valence-electron chi connectivity index (χ4n) is 1.91. The lowest BCUT2D eigenvalue weighted by atomic mass is 10.0. The van der Waals surface area contributed by atoms with Crippen molar-refractivity contribution in [3.05, 3.63) is 59.4 Å². The summed E-state index contributed by atoms with van der Waals surface area (Å²) in [7, 11) is 0. The number of anilines is 1. The van der Waals surface area contributed by atoms with Crippen molar-refractivity contribution in [1.29, 1.82) is 0 Å². The molecule has 0 saturated carbocycles. The minimum atomic E-state index is -0.295. The highest BCUT2D eigenvalue weighted by Crippen LogP contribution is 2.28. The summed E-state index contributed by atoms with van der Waals surface area (Å²) in [6, 6.07) is 11.8. The molecule has 1 atom stereocenters. The van der Waals surface area contributed by atoms with Crippen molar-refractivity contribution in [2.45, 2.75) is 19.9 Å². The van der Waals surface area contributed by atoms with Crippen molar-refractivity contribution in [3.8, 4) is 5.75 Å². The molecule has 94 valence electrons. The first-order valence-corrected chi connectivity index (χ1v) is 5.88. The Morgan fingerprint density at radius 2 is 1.89 bits per heavy atom. The molecular formula is C15H16FNO. The van der Waals surface area contributed by atoms with Gasteiger partial charge in [-0.15, -0.1) is 0 Å². The Kier molecular flexibility index (Phi) is 3.51. The Morgan fingerprint density at radius 1 is 1.17 bits per heavy atom.